The Morgan fingerprint density at radius 2 is 2.00 bits per heavy atom. The average Bonchev–Trinajstić information content (AvgIpc) is 2.43. The lowest BCUT2D eigenvalue weighted by Crippen LogP contribution is -2.39. The first-order valence-electron chi connectivity index (χ1n) is 5.13. The van der Waals surface area contributed by atoms with Gasteiger partial charge in [0.2, 0.25) is 0 Å². The summed E-state index contributed by atoms with van der Waals surface area (Å²) in [5.74, 6) is 0.970. The van der Waals surface area contributed by atoms with Gasteiger partial charge >= 0.3 is 0 Å². The van der Waals surface area contributed by atoms with Gasteiger partial charge in [0.25, 0.3) is 0 Å². The predicted molar refractivity (Wildman–Crippen MR) is 51.2 cm³/mol. The lowest BCUT2D eigenvalue weighted by molar-refractivity contribution is 0.191. The number of fused-ring (bicyclic) bond motifs is 1. The lowest BCUT2D eigenvalue weighted by atomic mass is 10.0. The lowest BCUT2D eigenvalue weighted by Gasteiger charge is -2.27. The van der Waals surface area contributed by atoms with E-state index in [-0.39, 0.29) is 0 Å². The molecule has 2 saturated heterocycles. The van der Waals surface area contributed by atoms with Gasteiger partial charge in [-0.3, -0.25) is 4.90 Å². The van der Waals surface area contributed by atoms with Crippen molar-refractivity contribution in [1.29, 1.82) is 0 Å². The third-order valence-corrected chi connectivity index (χ3v) is 3.44. The Balaban J connectivity index is 2.03. The molecule has 0 spiro atoms. The minimum Gasteiger partial charge on any atom is -0.304 e. The van der Waals surface area contributed by atoms with Crippen molar-refractivity contribution in [3.8, 4) is 0 Å². The highest BCUT2D eigenvalue weighted by atomic mass is 15.3. The van der Waals surface area contributed by atoms with Gasteiger partial charge in [0.05, 0.1) is 0 Å². The van der Waals surface area contributed by atoms with E-state index in [0.29, 0.717) is 0 Å². The summed E-state index contributed by atoms with van der Waals surface area (Å²) in [4.78, 5) is 5.15. The third kappa shape index (κ3) is 1.27. The second-order valence-corrected chi connectivity index (χ2v) is 4.67. The largest absolute Gasteiger partial charge is 0.304 e. The zero-order chi connectivity index (χ0) is 8.72. The first kappa shape index (κ1) is 8.52. The molecule has 0 aromatic carbocycles. The van der Waals surface area contributed by atoms with Crippen molar-refractivity contribution in [3.63, 3.8) is 0 Å². The Bertz CT molecular complexity index is 167. The fourth-order valence-electron chi connectivity index (χ4n) is 2.85. The van der Waals surface area contributed by atoms with Crippen LogP contribution in [-0.2, 0) is 0 Å². The van der Waals surface area contributed by atoms with Crippen LogP contribution in [0.3, 0.4) is 0 Å². The predicted octanol–water partition coefficient (Wildman–Crippen LogP) is 1.03. The van der Waals surface area contributed by atoms with Crippen molar-refractivity contribution in [1.82, 2.24) is 9.80 Å². The number of nitrogens with zero attached hydrogens (tertiary/aromatic N) is 2. The fourth-order valence-corrected chi connectivity index (χ4v) is 2.85. The molecule has 70 valence electrons. The molecule has 2 heteroatoms. The van der Waals surface area contributed by atoms with E-state index in [9.17, 15) is 0 Å². The van der Waals surface area contributed by atoms with E-state index in [2.05, 4.69) is 30.7 Å². The first-order valence-corrected chi connectivity index (χ1v) is 5.13. The number of hydrogen-bond acceptors (Lipinski definition) is 2. The van der Waals surface area contributed by atoms with Crippen molar-refractivity contribution in [2.24, 2.45) is 5.92 Å². The van der Waals surface area contributed by atoms with Crippen molar-refractivity contribution < 1.29 is 0 Å². The Hall–Kier alpha value is -0.0800. The summed E-state index contributed by atoms with van der Waals surface area (Å²) in [6, 6.07) is 1.61. The molecule has 0 bridgehead atoms. The van der Waals surface area contributed by atoms with Crippen LogP contribution in [0.5, 0.6) is 0 Å². The van der Waals surface area contributed by atoms with Crippen LogP contribution in [0, 0.1) is 5.92 Å². The third-order valence-electron chi connectivity index (χ3n) is 3.44. The highest BCUT2D eigenvalue weighted by Gasteiger charge is 2.40. The molecule has 2 atom stereocenters. The zero-order valence-electron chi connectivity index (χ0n) is 8.45. The van der Waals surface area contributed by atoms with Crippen LogP contribution in [-0.4, -0.2) is 48.6 Å². The maximum Gasteiger partial charge on any atom is 0.0266 e. The van der Waals surface area contributed by atoms with Gasteiger partial charge in [-0.2, -0.15) is 0 Å². The number of hydrogen-bond donors (Lipinski definition) is 0. The molecule has 0 N–H and O–H groups in total. The molecule has 0 aromatic rings. The van der Waals surface area contributed by atoms with E-state index < -0.39 is 0 Å². The van der Waals surface area contributed by atoms with E-state index in [4.69, 9.17) is 0 Å². The molecule has 2 rings (SSSR count). The average molecular weight is 168 g/mol. The van der Waals surface area contributed by atoms with E-state index in [1.165, 1.54) is 26.1 Å². The summed E-state index contributed by atoms with van der Waals surface area (Å²) < 4.78 is 0. The van der Waals surface area contributed by atoms with Crippen LogP contribution < -0.4 is 0 Å². The Labute approximate surface area is 75.5 Å². The second-order valence-electron chi connectivity index (χ2n) is 4.67. The smallest absolute Gasteiger partial charge is 0.0266 e. The molecule has 0 radical (unpaired) electrons. The molecular weight excluding hydrogens is 148 g/mol. The number of likely N-dealkylation sites (tertiary alicyclic amines) is 2. The fraction of sp³-hybridized carbons (Fsp3) is 1.00. The maximum atomic E-state index is 2.67. The van der Waals surface area contributed by atoms with Crippen molar-refractivity contribution in [2.75, 3.05) is 26.7 Å². The minimum absolute atomic E-state index is 0.742. The first-order chi connectivity index (χ1) is 5.68. The molecule has 2 fully saturated rings. The highest BCUT2D eigenvalue weighted by molar-refractivity contribution is 4.95. The van der Waals surface area contributed by atoms with Crippen LogP contribution in [0.25, 0.3) is 0 Å². The van der Waals surface area contributed by atoms with Gasteiger partial charge in [-0.05, 0) is 39.8 Å². The Morgan fingerprint density at radius 1 is 1.25 bits per heavy atom. The van der Waals surface area contributed by atoms with E-state index in [1.54, 1.807) is 0 Å². The van der Waals surface area contributed by atoms with E-state index >= 15 is 0 Å². The molecule has 0 aliphatic carbocycles. The summed E-state index contributed by atoms with van der Waals surface area (Å²) in [5, 5.41) is 0. The van der Waals surface area contributed by atoms with Crippen molar-refractivity contribution in [2.45, 2.75) is 32.4 Å². The van der Waals surface area contributed by atoms with Gasteiger partial charge in [-0.1, -0.05) is 0 Å². The monoisotopic (exact) mass is 168 g/mol. The summed E-state index contributed by atoms with van der Waals surface area (Å²) in [7, 11) is 2.25. The van der Waals surface area contributed by atoms with E-state index in [1.807, 2.05) is 0 Å². The second kappa shape index (κ2) is 3.00. The van der Waals surface area contributed by atoms with Crippen molar-refractivity contribution in [3.05, 3.63) is 0 Å². The number of rotatable bonds is 1. The van der Waals surface area contributed by atoms with Crippen LogP contribution in [0.4, 0.5) is 0 Å². The SMILES string of the molecule is CC(C)N1CC[C@H]2CN(C)C[C@@H]21. The van der Waals surface area contributed by atoms with Gasteiger partial charge in [0.1, 0.15) is 0 Å². The van der Waals surface area contributed by atoms with E-state index in [0.717, 1.165) is 18.0 Å². The Kier molecular flexibility index (Phi) is 2.13. The number of likely N-dealkylation sites (N-methyl/N-ethyl adjacent to an activating group) is 1. The molecule has 0 amide bonds. The maximum absolute atomic E-state index is 2.67. The standard InChI is InChI=1S/C10H20N2/c1-8(2)12-5-4-9-6-11(3)7-10(9)12/h8-10H,4-7H2,1-3H3/t9-,10-/m0/s1. The molecule has 2 nitrogen and oxygen atoms in total. The molecule has 0 saturated carbocycles. The molecule has 12 heavy (non-hydrogen) atoms. The van der Waals surface area contributed by atoms with Crippen molar-refractivity contribution >= 4 is 0 Å². The van der Waals surface area contributed by atoms with Gasteiger partial charge in [0.15, 0.2) is 0 Å². The minimum atomic E-state index is 0.742. The molecular formula is C10H20N2. The molecule has 2 heterocycles. The zero-order valence-corrected chi connectivity index (χ0v) is 8.45. The summed E-state index contributed by atoms with van der Waals surface area (Å²) in [6.45, 7) is 8.60. The normalized spacial score (nSPS) is 38.0. The summed E-state index contributed by atoms with van der Waals surface area (Å²) in [5.41, 5.74) is 0. The molecule has 2 aliphatic heterocycles. The van der Waals surface area contributed by atoms with Crippen LogP contribution >= 0.6 is 0 Å². The molecule has 2 aliphatic rings. The van der Waals surface area contributed by atoms with Gasteiger partial charge in [-0.25, -0.2) is 0 Å². The van der Waals surface area contributed by atoms with Crippen LogP contribution in [0.1, 0.15) is 20.3 Å². The highest BCUT2D eigenvalue weighted by Crippen LogP contribution is 2.31. The van der Waals surface area contributed by atoms with Gasteiger partial charge in [0, 0.05) is 25.2 Å². The summed E-state index contributed by atoms with van der Waals surface area (Å²) in [6.07, 6.45) is 1.42. The molecule has 0 aromatic heterocycles. The van der Waals surface area contributed by atoms with Crippen LogP contribution in [0.15, 0.2) is 0 Å². The Morgan fingerprint density at radius 3 is 2.67 bits per heavy atom. The quantitative estimate of drug-likeness (QED) is 0.577. The molecule has 0 unspecified atom stereocenters. The van der Waals surface area contributed by atoms with Gasteiger partial charge < -0.3 is 4.90 Å². The van der Waals surface area contributed by atoms with Crippen LogP contribution in [0.2, 0.25) is 0 Å². The van der Waals surface area contributed by atoms with Gasteiger partial charge in [-0.15, -0.1) is 0 Å². The topological polar surface area (TPSA) is 6.48 Å². The summed E-state index contributed by atoms with van der Waals surface area (Å²) >= 11 is 0.